The zero-order valence-corrected chi connectivity index (χ0v) is 13.5. The van der Waals surface area contributed by atoms with E-state index in [-0.39, 0.29) is 0 Å². The second-order valence-electron chi connectivity index (χ2n) is 6.48. The van der Waals surface area contributed by atoms with Gasteiger partial charge in [0.15, 0.2) is 0 Å². The molecule has 0 amide bonds. The lowest BCUT2D eigenvalue weighted by Gasteiger charge is -2.24. The van der Waals surface area contributed by atoms with E-state index in [1.165, 1.54) is 36.8 Å². The van der Waals surface area contributed by atoms with Gasteiger partial charge in [0.25, 0.3) is 0 Å². The van der Waals surface area contributed by atoms with E-state index in [9.17, 15) is 0 Å². The summed E-state index contributed by atoms with van der Waals surface area (Å²) in [4.78, 5) is 0. The van der Waals surface area contributed by atoms with Gasteiger partial charge in [-0.2, -0.15) is 0 Å². The first-order valence-corrected chi connectivity index (χ1v) is 8.49. The predicted octanol–water partition coefficient (Wildman–Crippen LogP) is 3.48. The Morgan fingerprint density at radius 3 is 3.00 bits per heavy atom. The molecule has 4 heteroatoms. The van der Waals surface area contributed by atoms with Crippen molar-refractivity contribution >= 4 is 11.6 Å². The third kappa shape index (κ3) is 3.20. The fraction of sp³-hybridized carbons (Fsp3) is 0.647. The quantitative estimate of drug-likeness (QED) is 0.647. The molecule has 1 aromatic rings. The number of fused-ring (bicyclic) bond motifs is 1. The fourth-order valence-electron chi connectivity index (χ4n) is 3.95. The summed E-state index contributed by atoms with van der Waals surface area (Å²) in [5, 5.41) is 0.808. The molecule has 116 valence electrons. The SMILES string of the molecule is CCC1CCC(C(Cc2cc(Cl)cc3c2OCC3)NN)C1. The van der Waals surface area contributed by atoms with Crippen molar-refractivity contribution in [2.75, 3.05) is 6.61 Å². The van der Waals surface area contributed by atoms with Crippen LogP contribution in [0, 0.1) is 11.8 Å². The summed E-state index contributed by atoms with van der Waals surface area (Å²) in [6, 6.07) is 4.39. The van der Waals surface area contributed by atoms with E-state index in [0.29, 0.717) is 12.0 Å². The molecule has 1 aliphatic carbocycles. The number of nitrogens with one attached hydrogen (secondary N) is 1. The van der Waals surface area contributed by atoms with E-state index in [2.05, 4.69) is 12.3 Å². The van der Waals surface area contributed by atoms with Crippen molar-refractivity contribution in [1.82, 2.24) is 5.43 Å². The van der Waals surface area contributed by atoms with Crippen LogP contribution >= 0.6 is 11.6 Å². The van der Waals surface area contributed by atoms with Crippen molar-refractivity contribution in [3.63, 3.8) is 0 Å². The van der Waals surface area contributed by atoms with Gasteiger partial charge in [-0.1, -0.05) is 31.4 Å². The van der Waals surface area contributed by atoms with Gasteiger partial charge in [0.2, 0.25) is 0 Å². The smallest absolute Gasteiger partial charge is 0.125 e. The van der Waals surface area contributed by atoms with E-state index in [1.54, 1.807) is 0 Å². The van der Waals surface area contributed by atoms with Crippen LogP contribution in [-0.4, -0.2) is 12.6 Å². The molecule has 21 heavy (non-hydrogen) atoms. The largest absolute Gasteiger partial charge is 0.493 e. The molecule has 3 rings (SSSR count). The summed E-state index contributed by atoms with van der Waals surface area (Å²) < 4.78 is 5.81. The monoisotopic (exact) mass is 308 g/mol. The number of ether oxygens (including phenoxy) is 1. The number of hydrogen-bond donors (Lipinski definition) is 2. The van der Waals surface area contributed by atoms with Gasteiger partial charge in [0.05, 0.1) is 6.61 Å². The van der Waals surface area contributed by atoms with Crippen molar-refractivity contribution in [3.05, 3.63) is 28.3 Å². The second-order valence-corrected chi connectivity index (χ2v) is 6.91. The standard InChI is InChI=1S/C17H25ClN2O/c1-2-11-3-4-12(7-11)16(20-19)10-14-9-15(18)8-13-5-6-21-17(13)14/h8-9,11-12,16,20H,2-7,10,19H2,1H3. The third-order valence-electron chi connectivity index (χ3n) is 5.21. The van der Waals surface area contributed by atoms with Gasteiger partial charge in [0, 0.05) is 17.5 Å². The molecule has 3 nitrogen and oxygen atoms in total. The molecule has 0 aromatic heterocycles. The summed E-state index contributed by atoms with van der Waals surface area (Å²) >= 11 is 6.25. The molecule has 2 aliphatic rings. The molecule has 1 aliphatic heterocycles. The van der Waals surface area contributed by atoms with Gasteiger partial charge >= 0.3 is 0 Å². The summed E-state index contributed by atoms with van der Waals surface area (Å²) in [6.07, 6.45) is 7.05. The molecule has 1 fully saturated rings. The molecule has 0 saturated heterocycles. The van der Waals surface area contributed by atoms with Crippen LogP contribution in [0.1, 0.15) is 43.7 Å². The summed E-state index contributed by atoms with van der Waals surface area (Å²) in [7, 11) is 0. The number of hydrazine groups is 1. The van der Waals surface area contributed by atoms with Crippen LogP contribution in [0.25, 0.3) is 0 Å². The van der Waals surface area contributed by atoms with E-state index in [0.717, 1.165) is 36.1 Å². The maximum Gasteiger partial charge on any atom is 0.125 e. The minimum Gasteiger partial charge on any atom is -0.493 e. The Labute approximate surface area is 132 Å². The molecule has 3 unspecified atom stereocenters. The molecule has 3 N–H and O–H groups in total. The van der Waals surface area contributed by atoms with Crippen molar-refractivity contribution in [2.24, 2.45) is 17.7 Å². The lowest BCUT2D eigenvalue weighted by atomic mass is 9.90. The fourth-order valence-corrected chi connectivity index (χ4v) is 4.21. The van der Waals surface area contributed by atoms with Gasteiger partial charge in [-0.3, -0.25) is 11.3 Å². The Balaban J connectivity index is 1.76. The highest BCUT2D eigenvalue weighted by molar-refractivity contribution is 6.30. The van der Waals surface area contributed by atoms with E-state index < -0.39 is 0 Å². The topological polar surface area (TPSA) is 47.3 Å². The van der Waals surface area contributed by atoms with Crippen molar-refractivity contribution in [1.29, 1.82) is 0 Å². The molecule has 1 saturated carbocycles. The van der Waals surface area contributed by atoms with Gasteiger partial charge in [-0.05, 0) is 54.4 Å². The number of nitrogens with two attached hydrogens (primary N) is 1. The maximum absolute atomic E-state index is 6.25. The van der Waals surface area contributed by atoms with Crippen LogP contribution in [0.3, 0.4) is 0 Å². The Kier molecular flexibility index (Phi) is 4.72. The zero-order chi connectivity index (χ0) is 14.8. The zero-order valence-electron chi connectivity index (χ0n) is 12.7. The van der Waals surface area contributed by atoms with E-state index in [1.807, 2.05) is 12.1 Å². The average molecular weight is 309 g/mol. The normalized spacial score (nSPS) is 25.7. The first-order valence-electron chi connectivity index (χ1n) is 8.11. The van der Waals surface area contributed by atoms with Crippen LogP contribution in [0.2, 0.25) is 5.02 Å². The molecule has 0 bridgehead atoms. The second kappa shape index (κ2) is 6.55. The minimum atomic E-state index is 0.313. The Morgan fingerprint density at radius 1 is 1.43 bits per heavy atom. The molecule has 0 radical (unpaired) electrons. The predicted molar refractivity (Wildman–Crippen MR) is 86.6 cm³/mol. The van der Waals surface area contributed by atoms with Gasteiger partial charge in [-0.15, -0.1) is 0 Å². The van der Waals surface area contributed by atoms with Crippen LogP contribution < -0.4 is 16.0 Å². The van der Waals surface area contributed by atoms with Gasteiger partial charge < -0.3 is 4.74 Å². The highest BCUT2D eigenvalue weighted by Crippen LogP contribution is 2.38. The minimum absolute atomic E-state index is 0.313. The number of benzene rings is 1. The maximum atomic E-state index is 6.25. The molecular formula is C17H25ClN2O. The lowest BCUT2D eigenvalue weighted by Crippen LogP contribution is -2.41. The summed E-state index contributed by atoms with van der Waals surface area (Å²) in [5.41, 5.74) is 5.50. The number of rotatable bonds is 5. The van der Waals surface area contributed by atoms with Crippen molar-refractivity contribution in [3.8, 4) is 5.75 Å². The van der Waals surface area contributed by atoms with Crippen LogP contribution in [0.5, 0.6) is 5.75 Å². The van der Waals surface area contributed by atoms with Crippen LogP contribution in [0.4, 0.5) is 0 Å². The Morgan fingerprint density at radius 2 is 2.29 bits per heavy atom. The third-order valence-corrected chi connectivity index (χ3v) is 5.43. The number of hydrogen-bond acceptors (Lipinski definition) is 3. The molecule has 1 heterocycles. The van der Waals surface area contributed by atoms with Crippen LogP contribution in [0.15, 0.2) is 12.1 Å². The van der Waals surface area contributed by atoms with Crippen molar-refractivity contribution < 1.29 is 4.74 Å². The van der Waals surface area contributed by atoms with Gasteiger partial charge in [0.1, 0.15) is 5.75 Å². The average Bonchev–Trinajstić information content (AvgIpc) is 3.12. The number of halogens is 1. The Hall–Kier alpha value is -0.770. The highest BCUT2D eigenvalue weighted by atomic mass is 35.5. The molecule has 0 spiro atoms. The Bertz CT molecular complexity index is 506. The molecule has 1 aromatic carbocycles. The van der Waals surface area contributed by atoms with Crippen molar-refractivity contribution in [2.45, 2.75) is 51.5 Å². The van der Waals surface area contributed by atoms with E-state index in [4.69, 9.17) is 22.2 Å². The van der Waals surface area contributed by atoms with E-state index >= 15 is 0 Å². The molecular weight excluding hydrogens is 284 g/mol. The first-order chi connectivity index (χ1) is 10.2. The van der Waals surface area contributed by atoms with Gasteiger partial charge in [-0.25, -0.2) is 0 Å². The highest BCUT2D eigenvalue weighted by Gasteiger charge is 2.30. The molecule has 3 atom stereocenters. The van der Waals surface area contributed by atoms with Crippen LogP contribution in [-0.2, 0) is 12.8 Å². The first kappa shape index (κ1) is 15.1. The summed E-state index contributed by atoms with van der Waals surface area (Å²) in [5.74, 6) is 8.42. The lowest BCUT2D eigenvalue weighted by molar-refractivity contribution is 0.332. The summed E-state index contributed by atoms with van der Waals surface area (Å²) in [6.45, 7) is 3.06.